The molecule has 0 fully saturated rings. The van der Waals surface area contributed by atoms with E-state index < -0.39 is 23.6 Å². The molecule has 0 unspecified atom stereocenters. The Bertz CT molecular complexity index is 999. The van der Waals surface area contributed by atoms with Crippen molar-refractivity contribution in [2.24, 2.45) is 0 Å². The number of rotatable bonds is 5. The lowest BCUT2D eigenvalue weighted by Gasteiger charge is -2.09. The van der Waals surface area contributed by atoms with E-state index in [2.05, 4.69) is 10.1 Å². The van der Waals surface area contributed by atoms with E-state index in [-0.39, 0.29) is 24.4 Å². The fourth-order valence-corrected chi connectivity index (χ4v) is 2.64. The fraction of sp³-hybridized carbons (Fsp3) is 0.211. The Morgan fingerprint density at radius 1 is 1.21 bits per heavy atom. The van der Waals surface area contributed by atoms with Crippen LogP contribution in [0.5, 0.6) is 5.88 Å². The molecule has 146 valence electrons. The summed E-state index contributed by atoms with van der Waals surface area (Å²) in [4.78, 5) is 15.9. The molecule has 6 nitrogen and oxygen atoms in total. The van der Waals surface area contributed by atoms with Gasteiger partial charge in [-0.3, -0.25) is 0 Å². The van der Waals surface area contributed by atoms with Crippen LogP contribution in [0.1, 0.15) is 34.0 Å². The predicted molar refractivity (Wildman–Crippen MR) is 93.2 cm³/mol. The second-order valence-electron chi connectivity index (χ2n) is 5.91. The first-order chi connectivity index (χ1) is 13.3. The highest BCUT2D eigenvalue weighted by Crippen LogP contribution is 2.30. The van der Waals surface area contributed by atoms with E-state index in [9.17, 15) is 23.1 Å². The summed E-state index contributed by atoms with van der Waals surface area (Å²) < 4.78 is 44.5. The second kappa shape index (κ2) is 7.71. The molecule has 0 bridgehead atoms. The van der Waals surface area contributed by atoms with Gasteiger partial charge >= 0.3 is 12.1 Å². The van der Waals surface area contributed by atoms with Gasteiger partial charge in [-0.15, -0.1) is 0 Å². The molecule has 0 saturated heterocycles. The average molecular weight is 391 g/mol. The maximum Gasteiger partial charge on any atom is 0.416 e. The van der Waals surface area contributed by atoms with Crippen LogP contribution in [0, 0.1) is 0 Å². The van der Waals surface area contributed by atoms with Crippen LogP contribution >= 0.6 is 0 Å². The first kappa shape index (κ1) is 19.4. The number of benzene rings is 1. The molecule has 0 aliphatic carbocycles. The molecule has 0 radical (unpaired) electrons. The van der Waals surface area contributed by atoms with Crippen molar-refractivity contribution in [1.29, 1.82) is 0 Å². The van der Waals surface area contributed by atoms with Crippen molar-refractivity contribution in [3.63, 3.8) is 0 Å². The number of halogens is 3. The lowest BCUT2D eigenvalue weighted by molar-refractivity contribution is -0.137. The van der Waals surface area contributed by atoms with Gasteiger partial charge in [-0.25, -0.2) is 9.78 Å². The molecule has 2 heterocycles. The minimum Gasteiger partial charge on any atom is -0.493 e. The summed E-state index contributed by atoms with van der Waals surface area (Å²) in [6, 6.07) is 8.27. The number of carbonyl (C=O) groups is 1. The van der Waals surface area contributed by atoms with Crippen molar-refractivity contribution in [1.82, 2.24) is 14.8 Å². The first-order valence-corrected chi connectivity index (χ1v) is 8.35. The van der Waals surface area contributed by atoms with Crippen molar-refractivity contribution in [3.05, 3.63) is 71.0 Å². The van der Waals surface area contributed by atoms with E-state index in [1.54, 1.807) is 25.1 Å². The van der Waals surface area contributed by atoms with Gasteiger partial charge in [0.05, 0.1) is 18.4 Å². The summed E-state index contributed by atoms with van der Waals surface area (Å²) in [6.07, 6.45) is -1.58. The lowest BCUT2D eigenvalue weighted by Crippen LogP contribution is -2.06. The molecule has 0 amide bonds. The summed E-state index contributed by atoms with van der Waals surface area (Å²) in [7, 11) is 0. The molecule has 0 aliphatic rings. The summed E-state index contributed by atoms with van der Waals surface area (Å²) >= 11 is 0. The summed E-state index contributed by atoms with van der Waals surface area (Å²) in [5.74, 6) is -0.925. The van der Waals surface area contributed by atoms with Gasteiger partial charge in [-0.1, -0.05) is 18.2 Å². The third-order valence-electron chi connectivity index (χ3n) is 3.93. The minimum absolute atomic E-state index is 0.105. The number of nitrogens with zero attached hydrogens (tertiary/aromatic N) is 3. The molecule has 9 heteroatoms. The van der Waals surface area contributed by atoms with Gasteiger partial charge in [-0.2, -0.15) is 23.0 Å². The lowest BCUT2D eigenvalue weighted by atomic mass is 10.0. The SMILES string of the molecule is CCOC(=O)c1cnn(-c2cc(Cc3cccc(C(F)(F)F)c3)ccn2)c1O. The van der Waals surface area contributed by atoms with E-state index in [4.69, 9.17) is 4.74 Å². The largest absolute Gasteiger partial charge is 0.493 e. The third-order valence-corrected chi connectivity index (χ3v) is 3.93. The normalized spacial score (nSPS) is 11.4. The maximum atomic E-state index is 12.9. The number of alkyl halides is 3. The van der Waals surface area contributed by atoms with Gasteiger partial charge < -0.3 is 9.84 Å². The molecular formula is C19H16F3N3O3. The van der Waals surface area contributed by atoms with Crippen LogP contribution < -0.4 is 0 Å². The zero-order chi connectivity index (χ0) is 20.3. The third kappa shape index (κ3) is 4.13. The van der Waals surface area contributed by atoms with Gasteiger partial charge in [0.2, 0.25) is 5.88 Å². The zero-order valence-electron chi connectivity index (χ0n) is 14.8. The van der Waals surface area contributed by atoms with Gasteiger partial charge in [-0.05, 0) is 42.7 Å². The molecule has 3 aromatic rings. The number of aromatic nitrogens is 3. The van der Waals surface area contributed by atoms with E-state index in [1.165, 1.54) is 12.3 Å². The molecule has 0 atom stereocenters. The highest BCUT2D eigenvalue weighted by molar-refractivity contribution is 5.91. The van der Waals surface area contributed by atoms with Crippen LogP contribution in [0.15, 0.2) is 48.8 Å². The van der Waals surface area contributed by atoms with Gasteiger partial charge in [0.1, 0.15) is 5.56 Å². The number of pyridine rings is 1. The molecule has 28 heavy (non-hydrogen) atoms. The molecule has 0 aliphatic heterocycles. The Kier molecular flexibility index (Phi) is 5.34. The van der Waals surface area contributed by atoms with Crippen LogP contribution in [0.2, 0.25) is 0 Å². The van der Waals surface area contributed by atoms with Crippen LogP contribution in [0.4, 0.5) is 13.2 Å². The van der Waals surface area contributed by atoms with E-state index >= 15 is 0 Å². The quantitative estimate of drug-likeness (QED) is 0.670. The number of esters is 1. The average Bonchev–Trinajstić information content (AvgIpc) is 3.03. The first-order valence-electron chi connectivity index (χ1n) is 8.35. The molecule has 3 rings (SSSR count). The van der Waals surface area contributed by atoms with Crippen molar-refractivity contribution in [3.8, 4) is 11.7 Å². The molecular weight excluding hydrogens is 375 g/mol. The topological polar surface area (TPSA) is 77.2 Å². The predicted octanol–water partition coefficient (Wildman–Crippen LogP) is 3.76. The Labute approximate surface area is 158 Å². The Morgan fingerprint density at radius 2 is 1.96 bits per heavy atom. The van der Waals surface area contributed by atoms with Crippen LogP contribution in [-0.2, 0) is 17.3 Å². The number of aromatic hydroxyl groups is 1. The van der Waals surface area contributed by atoms with Crippen LogP contribution in [0.25, 0.3) is 5.82 Å². The monoisotopic (exact) mass is 391 g/mol. The van der Waals surface area contributed by atoms with Gasteiger partial charge in [0, 0.05) is 6.20 Å². The Morgan fingerprint density at radius 3 is 2.68 bits per heavy atom. The number of hydrogen-bond acceptors (Lipinski definition) is 5. The number of carbonyl (C=O) groups excluding carboxylic acids is 1. The molecule has 1 N–H and O–H groups in total. The van der Waals surface area contributed by atoms with Crippen molar-refractivity contribution in [2.45, 2.75) is 19.5 Å². The summed E-state index contributed by atoms with van der Waals surface area (Å²) in [5, 5.41) is 14.2. The standard InChI is InChI=1S/C19H16F3N3O3/c1-2-28-18(27)15-11-24-25(17(15)26)16-10-13(6-7-23-16)8-12-4-3-5-14(9-12)19(20,21)22/h3-7,9-11,26H,2,8H2,1H3. The molecule has 2 aromatic heterocycles. The van der Waals surface area contributed by atoms with E-state index in [0.29, 0.717) is 11.1 Å². The van der Waals surface area contributed by atoms with Crippen molar-refractivity contribution in [2.75, 3.05) is 6.61 Å². The van der Waals surface area contributed by atoms with Gasteiger partial charge in [0.25, 0.3) is 0 Å². The maximum absolute atomic E-state index is 12.9. The summed E-state index contributed by atoms with van der Waals surface area (Å²) in [6.45, 7) is 1.78. The van der Waals surface area contributed by atoms with E-state index in [0.717, 1.165) is 23.0 Å². The molecule has 0 spiro atoms. The van der Waals surface area contributed by atoms with Crippen LogP contribution in [-0.4, -0.2) is 32.4 Å². The minimum atomic E-state index is -4.41. The Balaban J connectivity index is 1.87. The van der Waals surface area contributed by atoms with Crippen molar-refractivity contribution < 1.29 is 27.8 Å². The smallest absolute Gasteiger partial charge is 0.416 e. The zero-order valence-corrected chi connectivity index (χ0v) is 14.8. The molecule has 1 aromatic carbocycles. The fourth-order valence-electron chi connectivity index (χ4n) is 2.64. The number of hydrogen-bond donors (Lipinski definition) is 1. The highest BCUT2D eigenvalue weighted by atomic mass is 19.4. The summed E-state index contributed by atoms with van der Waals surface area (Å²) in [5.41, 5.74) is 0.316. The Hall–Kier alpha value is -3.36. The van der Waals surface area contributed by atoms with Gasteiger partial charge in [0.15, 0.2) is 5.82 Å². The molecule has 0 saturated carbocycles. The number of ether oxygens (including phenoxy) is 1. The second-order valence-corrected chi connectivity index (χ2v) is 5.91. The highest BCUT2D eigenvalue weighted by Gasteiger charge is 2.30. The van der Waals surface area contributed by atoms with E-state index in [1.807, 2.05) is 0 Å². The van der Waals surface area contributed by atoms with Crippen molar-refractivity contribution >= 4 is 5.97 Å². The van der Waals surface area contributed by atoms with Crippen LogP contribution in [0.3, 0.4) is 0 Å².